The Kier molecular flexibility index (Phi) is 5.13. The first kappa shape index (κ1) is 13.4. The summed E-state index contributed by atoms with van der Waals surface area (Å²) in [5.41, 5.74) is -0.877. The predicted molar refractivity (Wildman–Crippen MR) is 56.1 cm³/mol. The van der Waals surface area contributed by atoms with Crippen molar-refractivity contribution in [2.24, 2.45) is 11.8 Å². The highest BCUT2D eigenvalue weighted by atomic mass is 16.4. The number of hydrogen-bond acceptors (Lipinski definition) is 2. The monoisotopic (exact) mass is 202 g/mol. The SMILES string of the molecule is CCCC(CC(C)(O)C(C)C)C(=O)O. The van der Waals surface area contributed by atoms with Gasteiger partial charge in [0.05, 0.1) is 11.5 Å². The lowest BCUT2D eigenvalue weighted by Crippen LogP contribution is -2.35. The molecule has 84 valence electrons. The van der Waals surface area contributed by atoms with Gasteiger partial charge in [0.15, 0.2) is 0 Å². The molecule has 0 bridgehead atoms. The van der Waals surface area contributed by atoms with Crippen molar-refractivity contribution in [1.29, 1.82) is 0 Å². The lowest BCUT2D eigenvalue weighted by Gasteiger charge is -2.30. The third kappa shape index (κ3) is 4.09. The Bertz CT molecular complexity index is 185. The topological polar surface area (TPSA) is 57.5 Å². The van der Waals surface area contributed by atoms with Gasteiger partial charge < -0.3 is 10.2 Å². The quantitative estimate of drug-likeness (QED) is 0.694. The van der Waals surface area contributed by atoms with E-state index < -0.39 is 17.5 Å². The molecule has 0 amide bonds. The third-order valence-electron chi connectivity index (χ3n) is 2.89. The van der Waals surface area contributed by atoms with Crippen LogP contribution in [-0.4, -0.2) is 21.8 Å². The third-order valence-corrected chi connectivity index (χ3v) is 2.89. The van der Waals surface area contributed by atoms with Crippen LogP contribution >= 0.6 is 0 Å². The molecule has 0 aliphatic rings. The first-order chi connectivity index (χ1) is 6.31. The van der Waals surface area contributed by atoms with Gasteiger partial charge in [0, 0.05) is 0 Å². The first-order valence-corrected chi connectivity index (χ1v) is 5.26. The molecule has 3 nitrogen and oxygen atoms in total. The van der Waals surface area contributed by atoms with Crippen LogP contribution in [0.1, 0.15) is 47.0 Å². The van der Waals surface area contributed by atoms with Crippen molar-refractivity contribution >= 4 is 5.97 Å². The summed E-state index contributed by atoms with van der Waals surface area (Å²) in [7, 11) is 0. The van der Waals surface area contributed by atoms with Crippen molar-refractivity contribution in [3.05, 3.63) is 0 Å². The molecular weight excluding hydrogens is 180 g/mol. The Balaban J connectivity index is 4.35. The number of carboxylic acids is 1. The Hall–Kier alpha value is -0.570. The van der Waals surface area contributed by atoms with E-state index >= 15 is 0 Å². The van der Waals surface area contributed by atoms with E-state index in [1.54, 1.807) is 6.92 Å². The number of rotatable bonds is 6. The summed E-state index contributed by atoms with van der Waals surface area (Å²) in [6.45, 7) is 7.49. The number of aliphatic hydroxyl groups is 1. The minimum atomic E-state index is -0.877. The molecule has 0 radical (unpaired) electrons. The zero-order valence-corrected chi connectivity index (χ0v) is 9.58. The lowest BCUT2D eigenvalue weighted by molar-refractivity contribution is -0.145. The fraction of sp³-hybridized carbons (Fsp3) is 0.909. The highest BCUT2D eigenvalue weighted by Gasteiger charge is 2.31. The number of carboxylic acid groups (broad SMARTS) is 1. The molecule has 2 N–H and O–H groups in total. The van der Waals surface area contributed by atoms with E-state index in [9.17, 15) is 9.90 Å². The maximum Gasteiger partial charge on any atom is 0.306 e. The zero-order chi connectivity index (χ0) is 11.4. The fourth-order valence-electron chi connectivity index (χ4n) is 1.40. The van der Waals surface area contributed by atoms with Gasteiger partial charge in [-0.2, -0.15) is 0 Å². The van der Waals surface area contributed by atoms with Crippen LogP contribution in [0.15, 0.2) is 0 Å². The van der Waals surface area contributed by atoms with E-state index in [4.69, 9.17) is 5.11 Å². The second-order valence-electron chi connectivity index (χ2n) is 4.54. The highest BCUT2D eigenvalue weighted by Crippen LogP contribution is 2.27. The van der Waals surface area contributed by atoms with Crippen LogP contribution in [0.3, 0.4) is 0 Å². The summed E-state index contributed by atoms with van der Waals surface area (Å²) in [5.74, 6) is -1.13. The molecule has 0 aromatic rings. The van der Waals surface area contributed by atoms with Crippen LogP contribution in [0.4, 0.5) is 0 Å². The molecule has 2 unspecified atom stereocenters. The molecule has 2 atom stereocenters. The van der Waals surface area contributed by atoms with E-state index in [-0.39, 0.29) is 5.92 Å². The zero-order valence-electron chi connectivity index (χ0n) is 9.58. The van der Waals surface area contributed by atoms with Crippen LogP contribution in [0.25, 0.3) is 0 Å². The summed E-state index contributed by atoms with van der Waals surface area (Å²) in [4.78, 5) is 10.9. The van der Waals surface area contributed by atoms with Gasteiger partial charge >= 0.3 is 5.97 Å². The summed E-state index contributed by atoms with van der Waals surface area (Å²) in [6, 6.07) is 0. The molecular formula is C11H22O3. The Morgan fingerprint density at radius 1 is 1.43 bits per heavy atom. The average molecular weight is 202 g/mol. The van der Waals surface area contributed by atoms with E-state index in [2.05, 4.69) is 0 Å². The molecule has 0 heterocycles. The Morgan fingerprint density at radius 2 is 1.93 bits per heavy atom. The molecule has 0 saturated heterocycles. The number of hydrogen-bond donors (Lipinski definition) is 2. The molecule has 0 rings (SSSR count). The van der Waals surface area contributed by atoms with Crippen molar-refractivity contribution in [3.8, 4) is 0 Å². The van der Waals surface area contributed by atoms with E-state index in [0.717, 1.165) is 6.42 Å². The van der Waals surface area contributed by atoms with Crippen LogP contribution in [0.2, 0.25) is 0 Å². The molecule has 0 aliphatic carbocycles. The van der Waals surface area contributed by atoms with Crippen molar-refractivity contribution in [3.63, 3.8) is 0 Å². The van der Waals surface area contributed by atoms with Gasteiger partial charge in [0.25, 0.3) is 0 Å². The molecule has 0 aromatic carbocycles. The minimum Gasteiger partial charge on any atom is -0.481 e. The summed E-state index contributed by atoms with van der Waals surface area (Å²) < 4.78 is 0. The average Bonchev–Trinajstić information content (AvgIpc) is 2.02. The predicted octanol–water partition coefficient (Wildman–Crippen LogP) is 2.28. The molecule has 0 spiro atoms. The van der Waals surface area contributed by atoms with Gasteiger partial charge in [-0.1, -0.05) is 27.2 Å². The maximum atomic E-state index is 10.9. The second kappa shape index (κ2) is 5.35. The van der Waals surface area contributed by atoms with Crippen molar-refractivity contribution in [1.82, 2.24) is 0 Å². The minimum absolute atomic E-state index is 0.0845. The normalized spacial score (nSPS) is 17.9. The molecule has 0 fully saturated rings. The largest absolute Gasteiger partial charge is 0.481 e. The van der Waals surface area contributed by atoms with Crippen LogP contribution < -0.4 is 0 Å². The van der Waals surface area contributed by atoms with Gasteiger partial charge in [-0.3, -0.25) is 4.79 Å². The van der Waals surface area contributed by atoms with E-state index in [0.29, 0.717) is 12.8 Å². The molecule has 0 aromatic heterocycles. The molecule has 0 saturated carbocycles. The highest BCUT2D eigenvalue weighted by molar-refractivity contribution is 5.70. The smallest absolute Gasteiger partial charge is 0.306 e. The molecule has 14 heavy (non-hydrogen) atoms. The summed E-state index contributed by atoms with van der Waals surface area (Å²) >= 11 is 0. The summed E-state index contributed by atoms with van der Waals surface area (Å²) in [5, 5.41) is 18.9. The van der Waals surface area contributed by atoms with E-state index in [1.807, 2.05) is 20.8 Å². The van der Waals surface area contributed by atoms with Crippen molar-refractivity contribution in [2.45, 2.75) is 52.6 Å². The second-order valence-corrected chi connectivity index (χ2v) is 4.54. The summed E-state index contributed by atoms with van der Waals surface area (Å²) in [6.07, 6.45) is 1.82. The van der Waals surface area contributed by atoms with Crippen molar-refractivity contribution in [2.75, 3.05) is 0 Å². The fourth-order valence-corrected chi connectivity index (χ4v) is 1.40. The van der Waals surface area contributed by atoms with Crippen LogP contribution in [0.5, 0.6) is 0 Å². The van der Waals surface area contributed by atoms with Crippen molar-refractivity contribution < 1.29 is 15.0 Å². The Labute approximate surface area is 86.1 Å². The number of aliphatic carboxylic acids is 1. The maximum absolute atomic E-state index is 10.9. The van der Waals surface area contributed by atoms with Crippen LogP contribution in [0, 0.1) is 11.8 Å². The first-order valence-electron chi connectivity index (χ1n) is 5.26. The standard InChI is InChI=1S/C11H22O3/c1-5-6-9(10(12)13)7-11(4,14)8(2)3/h8-9,14H,5-7H2,1-4H3,(H,12,13). The molecule has 0 aliphatic heterocycles. The van der Waals surface area contributed by atoms with Gasteiger partial charge in [-0.15, -0.1) is 0 Å². The molecule has 3 heteroatoms. The van der Waals surface area contributed by atoms with Gasteiger partial charge in [0.1, 0.15) is 0 Å². The number of carbonyl (C=O) groups is 1. The van der Waals surface area contributed by atoms with Crippen LogP contribution in [-0.2, 0) is 4.79 Å². The van der Waals surface area contributed by atoms with Gasteiger partial charge in [-0.25, -0.2) is 0 Å². The lowest BCUT2D eigenvalue weighted by atomic mass is 9.82. The van der Waals surface area contributed by atoms with Gasteiger partial charge in [-0.05, 0) is 25.7 Å². The van der Waals surface area contributed by atoms with E-state index in [1.165, 1.54) is 0 Å². The Morgan fingerprint density at radius 3 is 2.21 bits per heavy atom. The van der Waals surface area contributed by atoms with Gasteiger partial charge in [0.2, 0.25) is 0 Å².